The van der Waals surface area contributed by atoms with Gasteiger partial charge in [-0.1, -0.05) is 11.6 Å². The first-order valence-corrected chi connectivity index (χ1v) is 8.04. The maximum absolute atomic E-state index is 14.2. The van der Waals surface area contributed by atoms with Gasteiger partial charge >= 0.3 is 12.1 Å². The van der Waals surface area contributed by atoms with Crippen LogP contribution in [0.1, 0.15) is 36.7 Å². The molecular weight excluding hydrogens is 414 g/mol. The molecule has 2 rings (SSSR count). The molecule has 0 spiro atoms. The number of alkyl halides is 3. The van der Waals surface area contributed by atoms with Crippen molar-refractivity contribution in [2.45, 2.75) is 32.5 Å². The zero-order valence-corrected chi connectivity index (χ0v) is 15.4. The molecule has 28 heavy (non-hydrogen) atoms. The molecule has 0 aliphatic carbocycles. The number of esters is 1. The van der Waals surface area contributed by atoms with E-state index in [-0.39, 0.29) is 0 Å². The Labute approximate surface area is 160 Å². The van der Waals surface area contributed by atoms with Gasteiger partial charge < -0.3 is 9.47 Å². The topological polar surface area (TPSA) is 35.5 Å². The van der Waals surface area contributed by atoms with Crippen molar-refractivity contribution in [1.29, 1.82) is 0 Å². The lowest BCUT2D eigenvalue weighted by Gasteiger charge is -2.20. The van der Waals surface area contributed by atoms with Crippen LogP contribution in [0.3, 0.4) is 0 Å². The summed E-state index contributed by atoms with van der Waals surface area (Å²) in [6, 6.07) is 2.56. The summed E-state index contributed by atoms with van der Waals surface area (Å²) in [6.07, 6.45) is -4.83. The standard InChI is InChI=1S/C18H13ClF6O3/c1-17(2,3)28-16(26)13-11(20)7-12(14(21)15(13)22)27-8-4-5-10(19)9(6-8)18(23,24)25/h4-7H,1-3H3. The first-order chi connectivity index (χ1) is 12.7. The van der Waals surface area contributed by atoms with Gasteiger partial charge in [0.25, 0.3) is 0 Å². The van der Waals surface area contributed by atoms with Crippen LogP contribution in [0.4, 0.5) is 26.3 Å². The van der Waals surface area contributed by atoms with E-state index in [4.69, 9.17) is 21.1 Å². The Kier molecular flexibility index (Phi) is 5.89. The maximum Gasteiger partial charge on any atom is 0.417 e. The number of hydrogen-bond donors (Lipinski definition) is 0. The molecule has 0 fully saturated rings. The highest BCUT2D eigenvalue weighted by Crippen LogP contribution is 2.38. The Morgan fingerprint density at radius 3 is 2.14 bits per heavy atom. The number of benzene rings is 2. The number of hydrogen-bond acceptors (Lipinski definition) is 3. The van der Waals surface area contributed by atoms with Crippen LogP contribution in [0.25, 0.3) is 0 Å². The smallest absolute Gasteiger partial charge is 0.417 e. The van der Waals surface area contributed by atoms with Gasteiger partial charge in [-0.25, -0.2) is 13.6 Å². The van der Waals surface area contributed by atoms with Crippen LogP contribution in [-0.4, -0.2) is 11.6 Å². The first kappa shape index (κ1) is 21.9. The summed E-state index contributed by atoms with van der Waals surface area (Å²) in [5.41, 5.74) is -3.66. The summed E-state index contributed by atoms with van der Waals surface area (Å²) in [6.45, 7) is 4.31. The van der Waals surface area contributed by atoms with Crippen molar-refractivity contribution in [2.75, 3.05) is 0 Å². The summed E-state index contributed by atoms with van der Waals surface area (Å²) in [5, 5.41) is -0.641. The predicted molar refractivity (Wildman–Crippen MR) is 88.0 cm³/mol. The average molecular weight is 427 g/mol. The molecule has 2 aromatic carbocycles. The number of halogens is 7. The van der Waals surface area contributed by atoms with Gasteiger partial charge in [-0.2, -0.15) is 17.6 Å². The zero-order valence-electron chi connectivity index (χ0n) is 14.7. The molecule has 0 heterocycles. The molecule has 3 nitrogen and oxygen atoms in total. The fourth-order valence-corrected chi connectivity index (χ4v) is 2.30. The molecule has 0 saturated heterocycles. The normalized spacial score (nSPS) is 12.1. The maximum atomic E-state index is 14.2. The predicted octanol–water partition coefficient (Wildman–Crippen LogP) is 6.52. The van der Waals surface area contributed by atoms with Gasteiger partial charge in [-0.15, -0.1) is 0 Å². The third kappa shape index (κ3) is 4.89. The first-order valence-electron chi connectivity index (χ1n) is 7.66. The molecule has 10 heteroatoms. The van der Waals surface area contributed by atoms with Gasteiger partial charge in [0.1, 0.15) is 22.7 Å². The highest BCUT2D eigenvalue weighted by Gasteiger charge is 2.34. The molecule has 2 aromatic rings. The molecule has 0 aromatic heterocycles. The van der Waals surface area contributed by atoms with Crippen LogP contribution in [0, 0.1) is 17.5 Å². The van der Waals surface area contributed by atoms with Crippen molar-refractivity contribution in [3.63, 3.8) is 0 Å². The minimum atomic E-state index is -4.83. The van der Waals surface area contributed by atoms with E-state index in [0.29, 0.717) is 12.1 Å². The van der Waals surface area contributed by atoms with Crippen molar-refractivity contribution in [3.8, 4) is 11.5 Å². The van der Waals surface area contributed by atoms with Gasteiger partial charge in [0.2, 0.25) is 5.82 Å². The summed E-state index contributed by atoms with van der Waals surface area (Å²) in [5.74, 6) is -8.25. The number of carbonyl (C=O) groups excluding carboxylic acids is 1. The van der Waals surface area contributed by atoms with Crippen LogP contribution < -0.4 is 4.74 Å². The minimum Gasteiger partial charge on any atom is -0.456 e. The van der Waals surface area contributed by atoms with Crippen LogP contribution >= 0.6 is 11.6 Å². The van der Waals surface area contributed by atoms with E-state index < -0.39 is 62.8 Å². The summed E-state index contributed by atoms with van der Waals surface area (Å²) >= 11 is 5.45. The second-order valence-corrected chi connectivity index (χ2v) is 7.01. The van der Waals surface area contributed by atoms with Crippen LogP contribution in [-0.2, 0) is 10.9 Å². The van der Waals surface area contributed by atoms with Gasteiger partial charge in [-0.3, -0.25) is 0 Å². The largest absolute Gasteiger partial charge is 0.456 e. The Hall–Kier alpha value is -2.42. The third-order valence-electron chi connectivity index (χ3n) is 3.20. The van der Waals surface area contributed by atoms with Gasteiger partial charge in [-0.05, 0) is 39.0 Å². The van der Waals surface area contributed by atoms with E-state index >= 15 is 0 Å². The SMILES string of the molecule is CC(C)(C)OC(=O)c1c(F)cc(Oc2ccc(Cl)c(C(F)(F)F)c2)c(F)c1F. The summed E-state index contributed by atoms with van der Waals surface area (Å²) < 4.78 is 90.8. The zero-order chi connectivity index (χ0) is 21.4. The molecule has 0 amide bonds. The monoisotopic (exact) mass is 426 g/mol. The van der Waals surface area contributed by atoms with Crippen molar-refractivity contribution in [1.82, 2.24) is 0 Å². The van der Waals surface area contributed by atoms with E-state index in [0.717, 1.165) is 12.1 Å². The Morgan fingerprint density at radius 1 is 1.00 bits per heavy atom. The Morgan fingerprint density at radius 2 is 1.61 bits per heavy atom. The minimum absolute atomic E-state index is 0.333. The Balaban J connectivity index is 2.43. The number of rotatable bonds is 3. The van der Waals surface area contributed by atoms with Gasteiger partial charge in [0.15, 0.2) is 11.6 Å². The van der Waals surface area contributed by atoms with E-state index in [1.54, 1.807) is 0 Å². The second-order valence-electron chi connectivity index (χ2n) is 6.60. The van der Waals surface area contributed by atoms with E-state index in [9.17, 15) is 31.1 Å². The lowest BCUT2D eigenvalue weighted by Crippen LogP contribution is -2.25. The lowest BCUT2D eigenvalue weighted by atomic mass is 10.1. The summed E-state index contributed by atoms with van der Waals surface area (Å²) in [7, 11) is 0. The van der Waals surface area contributed by atoms with Crippen LogP contribution in [0.15, 0.2) is 24.3 Å². The molecule has 152 valence electrons. The fraction of sp³-hybridized carbons (Fsp3) is 0.278. The molecule has 0 saturated carbocycles. The molecular formula is C18H13ClF6O3. The summed E-state index contributed by atoms with van der Waals surface area (Å²) in [4.78, 5) is 11.9. The second kappa shape index (κ2) is 7.54. The number of ether oxygens (including phenoxy) is 2. The quantitative estimate of drug-likeness (QED) is 0.318. The van der Waals surface area contributed by atoms with Crippen molar-refractivity contribution in [2.24, 2.45) is 0 Å². The van der Waals surface area contributed by atoms with Crippen molar-refractivity contribution < 1.29 is 40.6 Å². The molecule has 0 radical (unpaired) electrons. The van der Waals surface area contributed by atoms with Gasteiger partial charge in [0, 0.05) is 6.07 Å². The fourth-order valence-electron chi connectivity index (χ4n) is 2.08. The Bertz CT molecular complexity index is 919. The highest BCUT2D eigenvalue weighted by molar-refractivity contribution is 6.31. The molecule has 0 atom stereocenters. The molecule has 0 bridgehead atoms. The lowest BCUT2D eigenvalue weighted by molar-refractivity contribution is -0.137. The van der Waals surface area contributed by atoms with Gasteiger partial charge in [0.05, 0.1) is 10.6 Å². The molecule has 0 N–H and O–H groups in total. The van der Waals surface area contributed by atoms with E-state index in [2.05, 4.69) is 0 Å². The third-order valence-corrected chi connectivity index (χ3v) is 3.53. The molecule has 0 aliphatic heterocycles. The molecule has 0 unspecified atom stereocenters. The van der Waals surface area contributed by atoms with E-state index in [1.165, 1.54) is 20.8 Å². The van der Waals surface area contributed by atoms with E-state index in [1.807, 2.05) is 0 Å². The van der Waals surface area contributed by atoms with Crippen LogP contribution in [0.2, 0.25) is 5.02 Å². The highest BCUT2D eigenvalue weighted by atomic mass is 35.5. The average Bonchev–Trinajstić information content (AvgIpc) is 2.51. The molecule has 0 aliphatic rings. The van der Waals surface area contributed by atoms with Crippen molar-refractivity contribution in [3.05, 3.63) is 57.9 Å². The van der Waals surface area contributed by atoms with Crippen molar-refractivity contribution >= 4 is 17.6 Å². The number of carbonyl (C=O) groups is 1. The van der Waals surface area contributed by atoms with Crippen LogP contribution in [0.5, 0.6) is 11.5 Å².